The molecule has 0 unspecified atom stereocenters. The number of primary sulfonamides is 1. The molecule has 1 heterocycles. The first-order valence-corrected chi connectivity index (χ1v) is 6.14. The van der Waals surface area contributed by atoms with E-state index in [1.165, 1.54) is 0 Å². The minimum Gasteiger partial charge on any atom is -0.358 e. The van der Waals surface area contributed by atoms with Crippen LogP contribution in [0.2, 0.25) is 0 Å². The zero-order chi connectivity index (χ0) is 13.4. The molecule has 0 saturated carbocycles. The Morgan fingerprint density at radius 2 is 2.06 bits per heavy atom. The van der Waals surface area contributed by atoms with Gasteiger partial charge in [-0.25, -0.2) is 22.3 Å². The molecule has 0 amide bonds. The van der Waals surface area contributed by atoms with Crippen LogP contribution in [-0.4, -0.2) is 18.3 Å². The first-order chi connectivity index (χ1) is 7.64. The second-order valence-electron chi connectivity index (χ2n) is 2.78. The largest absolute Gasteiger partial charge is 0.365 e. The van der Waals surface area contributed by atoms with E-state index in [4.69, 9.17) is 5.14 Å². The summed E-state index contributed by atoms with van der Waals surface area (Å²) < 4.78 is 46.8. The van der Waals surface area contributed by atoms with Gasteiger partial charge in [0.1, 0.15) is 4.90 Å². The molecular weight excluding hydrogens is 328 g/mol. The van der Waals surface area contributed by atoms with Crippen molar-refractivity contribution < 1.29 is 22.1 Å². The molecule has 1 aromatic heterocycles. The van der Waals surface area contributed by atoms with E-state index in [1.54, 1.807) is 0 Å². The smallest absolute Gasteiger partial charge is 0.358 e. The van der Waals surface area contributed by atoms with Crippen molar-refractivity contribution in [1.82, 2.24) is 4.98 Å². The summed E-state index contributed by atoms with van der Waals surface area (Å²) in [6, 6.07) is 0.686. The Morgan fingerprint density at radius 3 is 2.41 bits per heavy atom. The Balaban J connectivity index is 3.67. The molecule has 17 heavy (non-hydrogen) atoms. The predicted octanol–water partition coefficient (Wildman–Crippen LogP) is 1.34. The van der Waals surface area contributed by atoms with Crippen molar-refractivity contribution in [1.29, 1.82) is 0 Å². The third-order valence-electron chi connectivity index (χ3n) is 1.62. The Hall–Kier alpha value is -1.20. The molecule has 0 atom stereocenters. The molecule has 2 N–H and O–H groups in total. The van der Waals surface area contributed by atoms with Crippen LogP contribution in [-0.2, 0) is 10.0 Å². The van der Waals surface area contributed by atoms with Gasteiger partial charge in [0.2, 0.25) is 15.7 Å². The van der Waals surface area contributed by atoms with Crippen LogP contribution in [0.25, 0.3) is 0 Å². The lowest BCUT2D eigenvalue weighted by molar-refractivity contribution is -0.389. The second-order valence-corrected chi connectivity index (χ2v) is 5.13. The minimum absolute atomic E-state index is 0.433. The maximum absolute atomic E-state index is 12.6. The lowest BCUT2D eigenvalue weighted by Crippen LogP contribution is -2.17. The molecule has 7 nitrogen and oxygen atoms in total. The number of aromatic nitrogens is 1. The fraction of sp³-hybridized carbons (Fsp3) is 0.167. The van der Waals surface area contributed by atoms with Gasteiger partial charge in [-0.3, -0.25) is 0 Å². The van der Waals surface area contributed by atoms with Crippen LogP contribution in [0.15, 0.2) is 15.4 Å². The zero-order valence-corrected chi connectivity index (χ0v) is 10.2. The standard InChI is InChI=1S/C6H4BrF2N3O4S/c7-2-1-3(12(13)14)11-4(6(8)9)5(2)17(10,15)16/h1,6H,(H2,10,15,16). The van der Waals surface area contributed by atoms with Gasteiger partial charge in [0, 0.05) is 0 Å². The molecule has 0 bridgehead atoms. The van der Waals surface area contributed by atoms with Crippen molar-refractivity contribution >= 4 is 31.8 Å². The molecule has 1 aromatic rings. The third kappa shape index (κ3) is 2.92. The van der Waals surface area contributed by atoms with Gasteiger partial charge in [-0.1, -0.05) is 0 Å². The number of nitrogens with two attached hydrogens (primary N) is 1. The molecule has 0 radical (unpaired) electrons. The SMILES string of the molecule is NS(=O)(=O)c1c(Br)cc([N+](=O)[O-])nc1C(F)F. The highest BCUT2D eigenvalue weighted by molar-refractivity contribution is 9.10. The highest BCUT2D eigenvalue weighted by atomic mass is 79.9. The van der Waals surface area contributed by atoms with Crippen molar-refractivity contribution in [2.45, 2.75) is 11.3 Å². The summed E-state index contributed by atoms with van der Waals surface area (Å²) in [5, 5.41) is 15.1. The van der Waals surface area contributed by atoms with E-state index in [0.717, 1.165) is 0 Å². The molecule has 0 aliphatic heterocycles. The van der Waals surface area contributed by atoms with Crippen molar-refractivity contribution in [3.05, 3.63) is 26.3 Å². The minimum atomic E-state index is -4.46. The van der Waals surface area contributed by atoms with Crippen LogP contribution in [0.4, 0.5) is 14.6 Å². The topological polar surface area (TPSA) is 116 Å². The Labute approximate surface area is 102 Å². The van der Waals surface area contributed by atoms with Crippen LogP contribution in [0.1, 0.15) is 12.1 Å². The fourth-order valence-corrected chi connectivity index (χ4v) is 2.87. The fourth-order valence-electron chi connectivity index (χ4n) is 1.03. The van der Waals surface area contributed by atoms with Gasteiger partial charge in [-0.2, -0.15) is 0 Å². The average molecular weight is 332 g/mol. The van der Waals surface area contributed by atoms with Crippen LogP contribution in [0.3, 0.4) is 0 Å². The van der Waals surface area contributed by atoms with Crippen LogP contribution in [0, 0.1) is 10.1 Å². The summed E-state index contributed by atoms with van der Waals surface area (Å²) in [7, 11) is -4.46. The van der Waals surface area contributed by atoms with Gasteiger partial charge in [0.25, 0.3) is 0 Å². The van der Waals surface area contributed by atoms with Crippen molar-refractivity contribution in [3.63, 3.8) is 0 Å². The molecule has 0 aliphatic rings. The highest BCUT2D eigenvalue weighted by Crippen LogP contribution is 2.32. The highest BCUT2D eigenvalue weighted by Gasteiger charge is 2.32. The van der Waals surface area contributed by atoms with Crippen molar-refractivity contribution in [2.24, 2.45) is 5.14 Å². The number of halogens is 3. The Morgan fingerprint density at radius 1 is 1.53 bits per heavy atom. The molecule has 0 aliphatic carbocycles. The average Bonchev–Trinajstić information content (AvgIpc) is 2.13. The molecule has 0 saturated heterocycles. The van der Waals surface area contributed by atoms with Crippen molar-refractivity contribution in [3.8, 4) is 0 Å². The van der Waals surface area contributed by atoms with Gasteiger partial charge in [0.05, 0.1) is 10.5 Å². The number of hydrogen-bond donors (Lipinski definition) is 1. The lowest BCUT2D eigenvalue weighted by atomic mass is 10.3. The first-order valence-electron chi connectivity index (χ1n) is 3.80. The van der Waals surface area contributed by atoms with E-state index in [-0.39, 0.29) is 0 Å². The van der Waals surface area contributed by atoms with Crippen LogP contribution < -0.4 is 5.14 Å². The maximum Gasteiger partial charge on any atom is 0.365 e. The summed E-state index contributed by atoms with van der Waals surface area (Å²) in [5.41, 5.74) is -1.26. The summed E-state index contributed by atoms with van der Waals surface area (Å²) in [6.45, 7) is 0. The Kier molecular flexibility index (Phi) is 3.74. The van der Waals surface area contributed by atoms with E-state index in [2.05, 4.69) is 20.9 Å². The van der Waals surface area contributed by atoms with Gasteiger partial charge in [-0.15, -0.1) is 0 Å². The van der Waals surface area contributed by atoms with Crippen LogP contribution >= 0.6 is 15.9 Å². The molecule has 11 heteroatoms. The molecule has 0 spiro atoms. The molecule has 1 rings (SSSR count). The second kappa shape index (κ2) is 4.58. The Bertz CT molecular complexity index is 577. The van der Waals surface area contributed by atoms with Gasteiger partial charge in [-0.05, 0) is 25.8 Å². The van der Waals surface area contributed by atoms with Crippen molar-refractivity contribution in [2.75, 3.05) is 0 Å². The number of hydrogen-bond acceptors (Lipinski definition) is 5. The number of alkyl halides is 2. The number of nitro groups is 1. The van der Waals surface area contributed by atoms with Gasteiger partial charge in [0.15, 0.2) is 0 Å². The normalized spacial score (nSPS) is 11.8. The first kappa shape index (κ1) is 13.9. The van der Waals surface area contributed by atoms with Gasteiger partial charge < -0.3 is 10.1 Å². The summed E-state index contributed by atoms with van der Waals surface area (Å²) in [4.78, 5) is 11.4. The molecule has 0 fully saturated rings. The molecular formula is C6H4BrF2N3O4S. The van der Waals surface area contributed by atoms with E-state index in [0.29, 0.717) is 6.07 Å². The molecule has 94 valence electrons. The number of sulfonamides is 1. The monoisotopic (exact) mass is 331 g/mol. The van der Waals surface area contributed by atoms with Crippen LogP contribution in [0.5, 0.6) is 0 Å². The lowest BCUT2D eigenvalue weighted by Gasteiger charge is -2.05. The summed E-state index contributed by atoms with van der Waals surface area (Å²) >= 11 is 2.63. The van der Waals surface area contributed by atoms with E-state index >= 15 is 0 Å². The maximum atomic E-state index is 12.6. The number of rotatable bonds is 3. The van der Waals surface area contributed by atoms with Gasteiger partial charge >= 0.3 is 12.2 Å². The number of nitrogens with zero attached hydrogens (tertiary/aromatic N) is 2. The van der Waals surface area contributed by atoms with E-state index < -0.39 is 42.3 Å². The van der Waals surface area contributed by atoms with E-state index in [1.807, 2.05) is 0 Å². The van der Waals surface area contributed by atoms with E-state index in [9.17, 15) is 27.3 Å². The number of pyridine rings is 1. The molecule has 0 aromatic carbocycles. The zero-order valence-electron chi connectivity index (χ0n) is 7.80. The summed E-state index contributed by atoms with van der Waals surface area (Å²) in [6.07, 6.45) is -3.31. The quantitative estimate of drug-likeness (QED) is 0.662. The third-order valence-corrected chi connectivity index (χ3v) is 3.50. The summed E-state index contributed by atoms with van der Waals surface area (Å²) in [5.74, 6) is -0.903. The predicted molar refractivity (Wildman–Crippen MR) is 54.9 cm³/mol.